The summed E-state index contributed by atoms with van der Waals surface area (Å²) in [6.45, 7) is 4.42. The predicted molar refractivity (Wildman–Crippen MR) is 68.3 cm³/mol. The molecule has 0 bridgehead atoms. The summed E-state index contributed by atoms with van der Waals surface area (Å²) in [7, 11) is 0. The first kappa shape index (κ1) is 12.5. The summed E-state index contributed by atoms with van der Waals surface area (Å²) < 4.78 is 5.24. The SMILES string of the molecule is O=C(CN1CCOCC1)NCCc1cccs1. The number of nitrogens with zero attached hydrogens (tertiary/aromatic N) is 1. The molecule has 0 aliphatic carbocycles. The normalized spacial score (nSPS) is 16.9. The fourth-order valence-electron chi connectivity index (χ4n) is 1.80. The van der Waals surface area contributed by atoms with Gasteiger partial charge in [0.1, 0.15) is 0 Å². The summed E-state index contributed by atoms with van der Waals surface area (Å²) >= 11 is 1.73. The van der Waals surface area contributed by atoms with Crippen molar-refractivity contribution in [2.75, 3.05) is 39.4 Å². The highest BCUT2D eigenvalue weighted by Crippen LogP contribution is 2.08. The van der Waals surface area contributed by atoms with E-state index in [0.29, 0.717) is 6.54 Å². The maximum absolute atomic E-state index is 11.6. The first-order valence-electron chi connectivity index (χ1n) is 5.94. The molecule has 0 spiro atoms. The van der Waals surface area contributed by atoms with Crippen LogP contribution in [0.5, 0.6) is 0 Å². The van der Waals surface area contributed by atoms with Gasteiger partial charge in [0.2, 0.25) is 5.91 Å². The highest BCUT2D eigenvalue weighted by atomic mass is 32.1. The summed E-state index contributed by atoms with van der Waals surface area (Å²) in [6.07, 6.45) is 0.923. The summed E-state index contributed by atoms with van der Waals surface area (Å²) in [5.74, 6) is 0.114. The number of thiophene rings is 1. The van der Waals surface area contributed by atoms with E-state index in [1.165, 1.54) is 4.88 Å². The lowest BCUT2D eigenvalue weighted by Crippen LogP contribution is -2.43. The van der Waals surface area contributed by atoms with Crippen molar-refractivity contribution < 1.29 is 9.53 Å². The lowest BCUT2D eigenvalue weighted by atomic mass is 10.3. The van der Waals surface area contributed by atoms with Gasteiger partial charge in [-0.2, -0.15) is 0 Å². The van der Waals surface area contributed by atoms with Crippen molar-refractivity contribution in [2.45, 2.75) is 6.42 Å². The van der Waals surface area contributed by atoms with Crippen molar-refractivity contribution in [1.82, 2.24) is 10.2 Å². The van der Waals surface area contributed by atoms with Crippen LogP contribution in [0, 0.1) is 0 Å². The molecule has 1 N–H and O–H groups in total. The number of ether oxygens (including phenoxy) is 1. The van der Waals surface area contributed by atoms with Crippen LogP contribution in [-0.2, 0) is 16.0 Å². The van der Waals surface area contributed by atoms with Gasteiger partial charge in [-0.3, -0.25) is 9.69 Å². The first-order chi connectivity index (χ1) is 8.34. The summed E-state index contributed by atoms with van der Waals surface area (Å²) in [5, 5.41) is 5.01. The van der Waals surface area contributed by atoms with Gasteiger partial charge >= 0.3 is 0 Å². The standard InChI is InChI=1S/C12H18N2O2S/c15-12(10-14-5-7-16-8-6-14)13-4-3-11-2-1-9-17-11/h1-2,9H,3-8,10H2,(H,13,15). The van der Waals surface area contributed by atoms with Gasteiger partial charge < -0.3 is 10.1 Å². The molecule has 94 valence electrons. The molecule has 0 aromatic carbocycles. The van der Waals surface area contributed by atoms with Crippen LogP contribution in [0.1, 0.15) is 4.88 Å². The molecule has 1 aromatic heterocycles. The number of amides is 1. The third-order valence-electron chi connectivity index (χ3n) is 2.74. The Bertz CT molecular complexity index is 334. The highest BCUT2D eigenvalue weighted by Gasteiger charge is 2.13. The summed E-state index contributed by atoms with van der Waals surface area (Å²) in [6, 6.07) is 4.13. The van der Waals surface area contributed by atoms with Crippen molar-refractivity contribution >= 4 is 17.2 Å². The zero-order valence-electron chi connectivity index (χ0n) is 9.85. The number of morpholine rings is 1. The summed E-state index contributed by atoms with van der Waals surface area (Å²) in [4.78, 5) is 15.1. The minimum atomic E-state index is 0.114. The van der Waals surface area contributed by atoms with E-state index in [1.807, 2.05) is 6.07 Å². The minimum absolute atomic E-state index is 0.114. The molecule has 1 aromatic rings. The second kappa shape index (κ2) is 6.74. The number of hydrogen-bond donors (Lipinski definition) is 1. The molecule has 0 radical (unpaired) electrons. The molecule has 0 atom stereocenters. The van der Waals surface area contributed by atoms with Gasteiger partial charge in [0.05, 0.1) is 19.8 Å². The fraction of sp³-hybridized carbons (Fsp3) is 0.583. The topological polar surface area (TPSA) is 41.6 Å². The van der Waals surface area contributed by atoms with E-state index in [9.17, 15) is 4.79 Å². The predicted octanol–water partition coefficient (Wildman–Crippen LogP) is 0.739. The molecule has 2 heterocycles. The van der Waals surface area contributed by atoms with Crippen molar-refractivity contribution in [3.63, 3.8) is 0 Å². The minimum Gasteiger partial charge on any atom is -0.379 e. The smallest absolute Gasteiger partial charge is 0.234 e. The molecule has 1 aliphatic heterocycles. The van der Waals surface area contributed by atoms with E-state index in [0.717, 1.165) is 39.3 Å². The van der Waals surface area contributed by atoms with Crippen LogP contribution in [0.15, 0.2) is 17.5 Å². The average Bonchev–Trinajstić information content (AvgIpc) is 2.83. The molecule has 2 rings (SSSR count). The number of nitrogens with one attached hydrogen (secondary N) is 1. The fourth-order valence-corrected chi connectivity index (χ4v) is 2.51. The zero-order valence-corrected chi connectivity index (χ0v) is 10.7. The Hall–Kier alpha value is -0.910. The van der Waals surface area contributed by atoms with Crippen LogP contribution in [0.3, 0.4) is 0 Å². The van der Waals surface area contributed by atoms with Crippen LogP contribution in [0.2, 0.25) is 0 Å². The number of rotatable bonds is 5. The van der Waals surface area contributed by atoms with Crippen LogP contribution in [-0.4, -0.2) is 50.2 Å². The maximum atomic E-state index is 11.6. The highest BCUT2D eigenvalue weighted by molar-refractivity contribution is 7.09. The maximum Gasteiger partial charge on any atom is 0.234 e. The molecule has 1 aliphatic rings. The van der Waals surface area contributed by atoms with Gasteiger partial charge in [0.15, 0.2) is 0 Å². The molecular weight excluding hydrogens is 236 g/mol. The van der Waals surface area contributed by atoms with E-state index in [4.69, 9.17) is 4.74 Å². The van der Waals surface area contributed by atoms with Crippen LogP contribution in [0.25, 0.3) is 0 Å². The second-order valence-electron chi connectivity index (χ2n) is 4.07. The number of hydrogen-bond acceptors (Lipinski definition) is 4. The van der Waals surface area contributed by atoms with Gasteiger partial charge in [-0.15, -0.1) is 11.3 Å². The van der Waals surface area contributed by atoms with Crippen LogP contribution in [0.4, 0.5) is 0 Å². The monoisotopic (exact) mass is 254 g/mol. The Labute approximate surface area is 106 Å². The van der Waals surface area contributed by atoms with Crippen LogP contribution < -0.4 is 5.32 Å². The molecule has 17 heavy (non-hydrogen) atoms. The first-order valence-corrected chi connectivity index (χ1v) is 6.82. The molecule has 0 saturated carbocycles. The summed E-state index contributed by atoms with van der Waals surface area (Å²) in [5.41, 5.74) is 0. The van der Waals surface area contributed by atoms with Gasteiger partial charge in [-0.25, -0.2) is 0 Å². The Kier molecular flexibility index (Phi) is 4.97. The van der Waals surface area contributed by atoms with Crippen molar-refractivity contribution in [2.24, 2.45) is 0 Å². The van der Waals surface area contributed by atoms with Gasteiger partial charge in [0.25, 0.3) is 0 Å². The molecule has 1 fully saturated rings. The molecule has 4 nitrogen and oxygen atoms in total. The third kappa shape index (κ3) is 4.46. The molecule has 5 heteroatoms. The Morgan fingerprint density at radius 3 is 3.00 bits per heavy atom. The molecule has 1 saturated heterocycles. The number of carbonyl (C=O) groups excluding carboxylic acids is 1. The Morgan fingerprint density at radius 1 is 1.47 bits per heavy atom. The Morgan fingerprint density at radius 2 is 2.29 bits per heavy atom. The largest absolute Gasteiger partial charge is 0.379 e. The van der Waals surface area contributed by atoms with E-state index in [1.54, 1.807) is 11.3 Å². The third-order valence-corrected chi connectivity index (χ3v) is 3.68. The zero-order chi connectivity index (χ0) is 11.9. The average molecular weight is 254 g/mol. The van der Waals surface area contributed by atoms with Crippen molar-refractivity contribution in [3.8, 4) is 0 Å². The van der Waals surface area contributed by atoms with Gasteiger partial charge in [0, 0.05) is 24.5 Å². The van der Waals surface area contributed by atoms with Gasteiger partial charge in [-0.1, -0.05) is 6.07 Å². The van der Waals surface area contributed by atoms with E-state index in [2.05, 4.69) is 21.7 Å². The second-order valence-corrected chi connectivity index (χ2v) is 5.10. The van der Waals surface area contributed by atoms with E-state index in [-0.39, 0.29) is 5.91 Å². The van der Waals surface area contributed by atoms with E-state index < -0.39 is 0 Å². The lowest BCUT2D eigenvalue weighted by Gasteiger charge is -2.25. The van der Waals surface area contributed by atoms with E-state index >= 15 is 0 Å². The van der Waals surface area contributed by atoms with Crippen molar-refractivity contribution in [3.05, 3.63) is 22.4 Å². The van der Waals surface area contributed by atoms with Crippen LogP contribution >= 0.6 is 11.3 Å². The van der Waals surface area contributed by atoms with Gasteiger partial charge in [-0.05, 0) is 17.9 Å². The quantitative estimate of drug-likeness (QED) is 0.842. The number of carbonyl (C=O) groups is 1. The van der Waals surface area contributed by atoms with Crippen molar-refractivity contribution in [1.29, 1.82) is 0 Å². The molecule has 0 unspecified atom stereocenters. The lowest BCUT2D eigenvalue weighted by molar-refractivity contribution is -0.123. The molecular formula is C12H18N2O2S. The Balaban J connectivity index is 1.60. The molecule has 1 amide bonds.